The molecule has 0 amide bonds. The molecule has 0 saturated carbocycles. The van der Waals surface area contributed by atoms with Gasteiger partial charge in [-0.3, -0.25) is 9.36 Å². The van der Waals surface area contributed by atoms with Gasteiger partial charge in [0.05, 0.1) is 23.3 Å². The van der Waals surface area contributed by atoms with Crippen molar-refractivity contribution >= 4 is 16.5 Å². The van der Waals surface area contributed by atoms with Crippen LogP contribution >= 0.6 is 11.3 Å². The number of nitrogens with zero attached hydrogens (tertiary/aromatic N) is 5. The maximum absolute atomic E-state index is 13.4. The molecule has 8 heteroatoms. The van der Waals surface area contributed by atoms with Gasteiger partial charge in [0.2, 0.25) is 0 Å². The van der Waals surface area contributed by atoms with Crippen molar-refractivity contribution in [3.63, 3.8) is 0 Å². The van der Waals surface area contributed by atoms with Gasteiger partial charge in [0.15, 0.2) is 5.13 Å². The van der Waals surface area contributed by atoms with Crippen molar-refractivity contribution < 1.29 is 4.39 Å². The number of halogens is 1. The lowest BCUT2D eigenvalue weighted by molar-refractivity contribution is 0.619. The molecule has 0 fully saturated rings. The van der Waals surface area contributed by atoms with Gasteiger partial charge in [-0.15, -0.1) is 0 Å². The van der Waals surface area contributed by atoms with E-state index in [0.29, 0.717) is 13.1 Å². The first-order valence-corrected chi connectivity index (χ1v) is 9.78. The lowest BCUT2D eigenvalue weighted by Crippen LogP contribution is -2.01. The number of hydrogen-bond donors (Lipinski definition) is 1. The molecule has 0 aliphatic heterocycles. The predicted octanol–water partition coefficient (Wildman–Crippen LogP) is 4.16. The Kier molecular flexibility index (Phi) is 4.95. The summed E-state index contributed by atoms with van der Waals surface area (Å²) in [5.41, 5.74) is 4.97. The van der Waals surface area contributed by atoms with Crippen LogP contribution in [-0.2, 0) is 20.1 Å². The van der Waals surface area contributed by atoms with Crippen LogP contribution in [0.4, 0.5) is 9.52 Å². The minimum absolute atomic E-state index is 0.234. The first-order valence-electron chi connectivity index (χ1n) is 8.96. The number of rotatable bonds is 6. The minimum Gasteiger partial charge on any atom is -0.357 e. The Bertz CT molecular complexity index is 1110. The summed E-state index contributed by atoms with van der Waals surface area (Å²) in [6.45, 7) is 5.24. The molecular formula is C20H21FN6S. The molecule has 0 aliphatic carbocycles. The summed E-state index contributed by atoms with van der Waals surface area (Å²) in [6.07, 6.45) is 3.78. The quantitative estimate of drug-likeness (QED) is 0.532. The first-order chi connectivity index (χ1) is 13.5. The Morgan fingerprint density at radius 2 is 2.07 bits per heavy atom. The lowest BCUT2D eigenvalue weighted by Gasteiger charge is -2.02. The van der Waals surface area contributed by atoms with E-state index < -0.39 is 0 Å². The van der Waals surface area contributed by atoms with Crippen molar-refractivity contribution in [1.82, 2.24) is 24.5 Å². The van der Waals surface area contributed by atoms with Crippen molar-refractivity contribution in [2.45, 2.75) is 26.9 Å². The molecule has 0 saturated heterocycles. The topological polar surface area (TPSA) is 60.6 Å². The van der Waals surface area contributed by atoms with Crippen LogP contribution in [-0.4, -0.2) is 24.5 Å². The number of aryl methyl sites for hydroxylation is 2. The van der Waals surface area contributed by atoms with E-state index in [9.17, 15) is 4.39 Å². The first kappa shape index (κ1) is 18.4. The molecule has 6 nitrogen and oxygen atoms in total. The monoisotopic (exact) mass is 396 g/mol. The second-order valence-electron chi connectivity index (χ2n) is 6.69. The highest BCUT2D eigenvalue weighted by Gasteiger charge is 2.13. The summed E-state index contributed by atoms with van der Waals surface area (Å²) in [5.74, 6) is -0.234. The third-order valence-corrected chi connectivity index (χ3v) is 5.81. The normalized spacial score (nSPS) is 11.1. The predicted molar refractivity (Wildman–Crippen MR) is 109 cm³/mol. The van der Waals surface area contributed by atoms with Crippen LogP contribution in [0.1, 0.15) is 22.5 Å². The van der Waals surface area contributed by atoms with Gasteiger partial charge >= 0.3 is 0 Å². The summed E-state index contributed by atoms with van der Waals surface area (Å²) in [6, 6.07) is 8.55. The highest BCUT2D eigenvalue weighted by molar-refractivity contribution is 7.19. The van der Waals surface area contributed by atoms with Gasteiger partial charge in [0, 0.05) is 31.0 Å². The number of anilines is 1. The van der Waals surface area contributed by atoms with E-state index in [1.54, 1.807) is 17.4 Å². The molecule has 4 rings (SSSR count). The standard InChI is InChI=1S/C20H21FN6S/c1-13-19(28-20(24-13)22-10-16-11-23-26(3)14(16)2)18-7-8-27(25-18)12-15-5-4-6-17(21)9-15/h4-9,11H,10,12H2,1-3H3,(H,22,24). The smallest absolute Gasteiger partial charge is 0.183 e. The van der Waals surface area contributed by atoms with Gasteiger partial charge in [0.25, 0.3) is 0 Å². The molecule has 0 atom stereocenters. The van der Waals surface area contributed by atoms with Gasteiger partial charge in [-0.05, 0) is 37.6 Å². The number of hydrogen-bond acceptors (Lipinski definition) is 5. The summed E-state index contributed by atoms with van der Waals surface area (Å²) in [7, 11) is 1.94. The van der Waals surface area contributed by atoms with Crippen LogP contribution in [0.15, 0.2) is 42.7 Å². The van der Waals surface area contributed by atoms with Gasteiger partial charge in [0.1, 0.15) is 11.5 Å². The van der Waals surface area contributed by atoms with E-state index in [2.05, 4.69) is 20.5 Å². The SMILES string of the molecule is Cc1nc(NCc2cnn(C)c2C)sc1-c1ccn(Cc2cccc(F)c2)n1. The number of nitrogens with one attached hydrogen (secondary N) is 1. The van der Waals surface area contributed by atoms with Crippen molar-refractivity contribution in [1.29, 1.82) is 0 Å². The van der Waals surface area contributed by atoms with Crippen LogP contribution in [0, 0.1) is 19.7 Å². The van der Waals surface area contributed by atoms with Gasteiger partial charge in [-0.1, -0.05) is 23.5 Å². The number of benzene rings is 1. The molecule has 28 heavy (non-hydrogen) atoms. The molecule has 0 spiro atoms. The fraction of sp³-hybridized carbons (Fsp3) is 0.250. The van der Waals surface area contributed by atoms with Crippen molar-refractivity contribution in [2.75, 3.05) is 5.32 Å². The Hall–Kier alpha value is -3.00. The zero-order valence-electron chi connectivity index (χ0n) is 16.0. The van der Waals surface area contributed by atoms with E-state index in [-0.39, 0.29) is 5.82 Å². The third-order valence-electron chi connectivity index (χ3n) is 4.67. The van der Waals surface area contributed by atoms with E-state index in [1.165, 1.54) is 12.1 Å². The van der Waals surface area contributed by atoms with Crippen molar-refractivity contribution in [2.24, 2.45) is 7.05 Å². The van der Waals surface area contributed by atoms with E-state index in [4.69, 9.17) is 0 Å². The molecule has 0 bridgehead atoms. The zero-order valence-corrected chi connectivity index (χ0v) is 16.8. The van der Waals surface area contributed by atoms with Crippen LogP contribution < -0.4 is 5.32 Å². The molecular weight excluding hydrogens is 375 g/mol. The highest BCUT2D eigenvalue weighted by atomic mass is 32.1. The van der Waals surface area contributed by atoms with Crippen LogP contribution in [0.25, 0.3) is 10.6 Å². The van der Waals surface area contributed by atoms with Crippen molar-refractivity contribution in [3.8, 4) is 10.6 Å². The lowest BCUT2D eigenvalue weighted by atomic mass is 10.2. The largest absolute Gasteiger partial charge is 0.357 e. The molecule has 1 aromatic carbocycles. The summed E-state index contributed by atoms with van der Waals surface area (Å²) < 4.78 is 17.0. The maximum atomic E-state index is 13.4. The number of aromatic nitrogens is 5. The minimum atomic E-state index is -0.234. The Balaban J connectivity index is 1.47. The van der Waals surface area contributed by atoms with Gasteiger partial charge in [-0.25, -0.2) is 9.37 Å². The van der Waals surface area contributed by atoms with Gasteiger partial charge in [-0.2, -0.15) is 10.2 Å². The Labute approximate surface area is 166 Å². The third kappa shape index (κ3) is 3.82. The Morgan fingerprint density at radius 1 is 1.21 bits per heavy atom. The van der Waals surface area contributed by atoms with E-state index >= 15 is 0 Å². The summed E-state index contributed by atoms with van der Waals surface area (Å²) in [4.78, 5) is 5.66. The summed E-state index contributed by atoms with van der Waals surface area (Å²) >= 11 is 1.58. The maximum Gasteiger partial charge on any atom is 0.183 e. The van der Waals surface area contributed by atoms with Crippen LogP contribution in [0.3, 0.4) is 0 Å². The highest BCUT2D eigenvalue weighted by Crippen LogP contribution is 2.32. The molecule has 0 unspecified atom stereocenters. The number of thiazole rings is 1. The average molecular weight is 396 g/mol. The molecule has 1 N–H and O–H groups in total. The van der Waals surface area contributed by atoms with E-state index in [1.807, 2.05) is 54.8 Å². The Morgan fingerprint density at radius 3 is 2.82 bits per heavy atom. The molecule has 3 heterocycles. The average Bonchev–Trinajstić information content (AvgIpc) is 3.34. The second kappa shape index (κ2) is 7.55. The van der Waals surface area contributed by atoms with Crippen LogP contribution in [0.5, 0.6) is 0 Å². The van der Waals surface area contributed by atoms with Gasteiger partial charge < -0.3 is 5.32 Å². The molecule has 0 aliphatic rings. The second-order valence-corrected chi connectivity index (χ2v) is 7.69. The molecule has 3 aromatic heterocycles. The van der Waals surface area contributed by atoms with Crippen molar-refractivity contribution in [3.05, 3.63) is 71.1 Å². The molecule has 0 radical (unpaired) electrons. The molecule has 4 aromatic rings. The fourth-order valence-corrected chi connectivity index (χ4v) is 3.92. The summed E-state index contributed by atoms with van der Waals surface area (Å²) in [5, 5.41) is 13.1. The van der Waals surface area contributed by atoms with Crippen LogP contribution in [0.2, 0.25) is 0 Å². The van der Waals surface area contributed by atoms with E-state index in [0.717, 1.165) is 38.2 Å². The fourth-order valence-electron chi connectivity index (χ4n) is 2.99. The molecule has 144 valence electrons. The zero-order chi connectivity index (χ0) is 19.7.